The van der Waals surface area contributed by atoms with E-state index in [2.05, 4.69) is 48.6 Å². The van der Waals surface area contributed by atoms with Gasteiger partial charge >= 0.3 is 12.1 Å². The second kappa shape index (κ2) is 22.2. The number of hydrogen-bond donors (Lipinski definition) is 0. The van der Waals surface area contributed by atoms with E-state index in [0.717, 1.165) is 85.6 Å². The van der Waals surface area contributed by atoms with Crippen molar-refractivity contribution in [3.8, 4) is 11.1 Å². The fourth-order valence-electron chi connectivity index (χ4n) is 6.66. The Morgan fingerprint density at radius 1 is 0.630 bits per heavy atom. The largest absolute Gasteiger partial charge is 0.508 e. The average molecular weight is 733 g/mol. The van der Waals surface area contributed by atoms with Gasteiger partial charge < -0.3 is 23.7 Å². The molecule has 0 saturated heterocycles. The van der Waals surface area contributed by atoms with Crippen LogP contribution in [0.5, 0.6) is 0 Å². The highest BCUT2D eigenvalue weighted by molar-refractivity contribution is 6.08. The number of esters is 1. The molecular formula is C46H52O8. The highest BCUT2D eigenvalue weighted by Crippen LogP contribution is 2.44. The van der Waals surface area contributed by atoms with Crippen LogP contribution < -0.4 is 0 Å². The number of fused-ring (bicyclic) bond motifs is 3. The summed E-state index contributed by atoms with van der Waals surface area (Å²) in [4.78, 5) is 37.5. The van der Waals surface area contributed by atoms with Gasteiger partial charge in [-0.1, -0.05) is 135 Å². The Labute approximate surface area is 319 Å². The molecule has 4 aromatic rings. The van der Waals surface area contributed by atoms with Crippen molar-refractivity contribution in [3.05, 3.63) is 143 Å². The van der Waals surface area contributed by atoms with Crippen LogP contribution in [-0.2, 0) is 34.9 Å². The van der Waals surface area contributed by atoms with Gasteiger partial charge in [-0.05, 0) is 66.3 Å². The summed E-state index contributed by atoms with van der Waals surface area (Å²) in [6.07, 6.45) is 12.6. The quantitative estimate of drug-likeness (QED) is 0.0244. The molecule has 0 fully saturated rings. The van der Waals surface area contributed by atoms with E-state index in [1.165, 1.54) is 12.7 Å². The van der Waals surface area contributed by atoms with Gasteiger partial charge in [0.1, 0.15) is 32.7 Å². The maximum Gasteiger partial charge on any atom is 0.508 e. The first-order valence-corrected chi connectivity index (χ1v) is 19.1. The summed E-state index contributed by atoms with van der Waals surface area (Å²) in [5.41, 5.74) is 7.22. The number of methoxy groups -OCH3 is 1. The number of aryl methyl sites for hydroxylation is 1. The van der Waals surface area contributed by atoms with Crippen LogP contribution in [0.1, 0.15) is 96.3 Å². The summed E-state index contributed by atoms with van der Waals surface area (Å²) in [5.74, 6) is -0.317. The summed E-state index contributed by atoms with van der Waals surface area (Å²) in [6.45, 7) is -0.0535. The number of benzene rings is 4. The second-order valence-electron chi connectivity index (χ2n) is 13.5. The number of carbonyl (C=O) groups is 3. The molecule has 284 valence electrons. The summed E-state index contributed by atoms with van der Waals surface area (Å²) >= 11 is 0. The van der Waals surface area contributed by atoms with Crippen LogP contribution in [0.3, 0.4) is 0 Å². The van der Waals surface area contributed by atoms with Crippen LogP contribution in [0.15, 0.2) is 115 Å². The van der Waals surface area contributed by atoms with Crippen LogP contribution in [0.4, 0.5) is 4.79 Å². The highest BCUT2D eigenvalue weighted by atomic mass is 16.7. The van der Waals surface area contributed by atoms with Crippen molar-refractivity contribution in [3.63, 3.8) is 0 Å². The van der Waals surface area contributed by atoms with Crippen LogP contribution >= 0.6 is 0 Å². The summed E-state index contributed by atoms with van der Waals surface area (Å²) < 4.78 is 26.8. The average Bonchev–Trinajstić information content (AvgIpc) is 3.53. The van der Waals surface area contributed by atoms with Gasteiger partial charge in [0.25, 0.3) is 0 Å². The third-order valence-corrected chi connectivity index (χ3v) is 9.58. The Bertz CT molecular complexity index is 1740. The van der Waals surface area contributed by atoms with Crippen molar-refractivity contribution in [1.82, 2.24) is 0 Å². The smallest absolute Gasteiger partial charge is 0.463 e. The molecule has 5 rings (SSSR count). The van der Waals surface area contributed by atoms with Gasteiger partial charge in [-0.3, -0.25) is 9.59 Å². The van der Waals surface area contributed by atoms with Crippen LogP contribution in [0.2, 0.25) is 0 Å². The maximum absolute atomic E-state index is 12.6. The van der Waals surface area contributed by atoms with Crippen molar-refractivity contribution in [2.24, 2.45) is 0 Å². The lowest BCUT2D eigenvalue weighted by Crippen LogP contribution is -2.29. The molecule has 54 heavy (non-hydrogen) atoms. The molecule has 0 radical (unpaired) electrons. The second-order valence-corrected chi connectivity index (χ2v) is 13.5. The van der Waals surface area contributed by atoms with Crippen molar-refractivity contribution in [2.75, 3.05) is 33.7 Å². The van der Waals surface area contributed by atoms with E-state index < -0.39 is 12.3 Å². The molecule has 4 aromatic carbocycles. The first-order chi connectivity index (χ1) is 26.5. The first kappa shape index (κ1) is 40.1. The first-order valence-electron chi connectivity index (χ1n) is 19.1. The Kier molecular flexibility index (Phi) is 16.5. The minimum Gasteiger partial charge on any atom is -0.463 e. The lowest BCUT2D eigenvalue weighted by Gasteiger charge is -2.18. The monoisotopic (exact) mass is 732 g/mol. The predicted molar refractivity (Wildman–Crippen MR) is 209 cm³/mol. The lowest BCUT2D eigenvalue weighted by molar-refractivity contribution is -0.155. The molecule has 0 unspecified atom stereocenters. The summed E-state index contributed by atoms with van der Waals surface area (Å²) in [7, 11) is 1.49. The standard InChI is InChI=1S/C46H52O8/c1-50-34-54-38(32-52-46(49)53-33-43-41-24-17-15-22-39(41)40-23-16-18-25-42(40)43)31-51-44(47)26-14-9-7-5-3-2-4-6-8-11-19-35-27-29-37(30-28-35)45(48)36-20-12-10-13-21-36/h4,6,10,12-13,15-18,20-25,27-30,38,43H,2-3,5,7-9,11,14,19,26,31-34H2,1H3/b6-4-/t38-/m1/s1. The molecule has 0 amide bonds. The van der Waals surface area contributed by atoms with Gasteiger partial charge in [0.15, 0.2) is 5.78 Å². The molecular weight excluding hydrogens is 680 g/mol. The normalized spacial score (nSPS) is 12.6. The number of unbranched alkanes of at least 4 members (excludes halogenated alkanes) is 6. The Balaban J connectivity index is 0.875. The zero-order valence-corrected chi connectivity index (χ0v) is 31.3. The molecule has 0 aromatic heterocycles. The van der Waals surface area contributed by atoms with Gasteiger partial charge in [-0.15, -0.1) is 0 Å². The number of ether oxygens (including phenoxy) is 5. The van der Waals surface area contributed by atoms with E-state index in [0.29, 0.717) is 12.0 Å². The van der Waals surface area contributed by atoms with Crippen LogP contribution in [0, 0.1) is 0 Å². The molecule has 0 saturated carbocycles. The third-order valence-electron chi connectivity index (χ3n) is 9.58. The van der Waals surface area contributed by atoms with Gasteiger partial charge in [0.05, 0.1) is 0 Å². The zero-order chi connectivity index (χ0) is 37.8. The number of allylic oxidation sites excluding steroid dienone is 2. The molecule has 1 atom stereocenters. The predicted octanol–water partition coefficient (Wildman–Crippen LogP) is 10.0. The van der Waals surface area contributed by atoms with Crippen molar-refractivity contribution >= 4 is 17.9 Å². The van der Waals surface area contributed by atoms with Crippen LogP contribution in [0.25, 0.3) is 11.1 Å². The Morgan fingerprint density at radius 3 is 1.93 bits per heavy atom. The summed E-state index contributed by atoms with van der Waals surface area (Å²) in [5, 5.41) is 0. The Morgan fingerprint density at radius 2 is 1.22 bits per heavy atom. The third kappa shape index (κ3) is 12.5. The van der Waals surface area contributed by atoms with Gasteiger partial charge in [0, 0.05) is 30.6 Å². The lowest BCUT2D eigenvalue weighted by atomic mass is 9.98. The number of carbonyl (C=O) groups excluding carboxylic acids is 3. The number of ketones is 1. The molecule has 0 aliphatic heterocycles. The number of hydrogen-bond acceptors (Lipinski definition) is 8. The molecule has 8 nitrogen and oxygen atoms in total. The van der Waals surface area contributed by atoms with Gasteiger partial charge in [-0.2, -0.15) is 0 Å². The molecule has 1 aliphatic rings. The van der Waals surface area contributed by atoms with Crippen molar-refractivity contribution < 1.29 is 38.1 Å². The summed E-state index contributed by atoms with van der Waals surface area (Å²) in [6, 6.07) is 33.6. The highest BCUT2D eigenvalue weighted by Gasteiger charge is 2.29. The maximum atomic E-state index is 12.6. The van der Waals surface area contributed by atoms with E-state index in [9.17, 15) is 14.4 Å². The van der Waals surface area contributed by atoms with Gasteiger partial charge in [-0.25, -0.2) is 4.79 Å². The van der Waals surface area contributed by atoms with E-state index >= 15 is 0 Å². The molecule has 0 heterocycles. The Hall–Kier alpha value is -5.05. The fourth-order valence-corrected chi connectivity index (χ4v) is 6.66. The zero-order valence-electron chi connectivity index (χ0n) is 31.3. The van der Waals surface area contributed by atoms with Gasteiger partial charge in [0.2, 0.25) is 0 Å². The van der Waals surface area contributed by atoms with Crippen molar-refractivity contribution in [2.45, 2.75) is 76.2 Å². The van der Waals surface area contributed by atoms with E-state index in [1.807, 2.05) is 66.7 Å². The minimum absolute atomic E-state index is 0.0280. The minimum atomic E-state index is -0.804. The molecule has 0 spiro atoms. The fraction of sp³-hybridized carbons (Fsp3) is 0.370. The SMILES string of the molecule is COCO[C@H](COC(=O)CCCCCCC/C=C\CCCc1ccc(C(=O)c2ccccc2)cc1)COC(=O)OCC1c2ccccc2-c2ccccc21. The molecule has 0 N–H and O–H groups in total. The van der Waals surface area contributed by atoms with E-state index in [-0.39, 0.29) is 44.3 Å². The molecule has 0 bridgehead atoms. The van der Waals surface area contributed by atoms with Crippen LogP contribution in [-0.4, -0.2) is 57.7 Å². The topological polar surface area (TPSA) is 97.4 Å². The molecule has 8 heteroatoms. The van der Waals surface area contributed by atoms with E-state index in [4.69, 9.17) is 23.7 Å². The van der Waals surface area contributed by atoms with Crippen molar-refractivity contribution in [1.29, 1.82) is 0 Å². The molecule has 1 aliphatic carbocycles. The number of rotatable bonds is 23. The van der Waals surface area contributed by atoms with E-state index in [1.54, 1.807) is 0 Å².